The van der Waals surface area contributed by atoms with Gasteiger partial charge in [-0.3, -0.25) is 0 Å². The van der Waals surface area contributed by atoms with Crippen molar-refractivity contribution in [3.05, 3.63) is 129 Å². The van der Waals surface area contributed by atoms with Crippen LogP contribution in [0.1, 0.15) is 97.9 Å². The Balaban J connectivity index is 1.38. The molecule has 1 aliphatic carbocycles. The summed E-state index contributed by atoms with van der Waals surface area (Å²) in [4.78, 5) is 0. The van der Waals surface area contributed by atoms with Crippen LogP contribution in [0.25, 0.3) is 35.4 Å². The highest BCUT2D eigenvalue weighted by molar-refractivity contribution is 5.84. The topological polar surface area (TPSA) is 0 Å². The Bertz CT molecular complexity index is 1340. The molecule has 0 atom stereocenters. The van der Waals surface area contributed by atoms with Crippen LogP contribution in [0.15, 0.2) is 84.9 Å². The van der Waals surface area contributed by atoms with Crippen molar-refractivity contribution in [1.82, 2.24) is 0 Å². The summed E-state index contributed by atoms with van der Waals surface area (Å²) < 4.78 is 0. The first-order chi connectivity index (χ1) is 17.7. The summed E-state index contributed by atoms with van der Waals surface area (Å²) in [6.07, 6.45) is 8.92. The molecular formula is C37H38. The largest absolute Gasteiger partial charge is 0.0587 e. The zero-order valence-electron chi connectivity index (χ0n) is 23.0. The van der Waals surface area contributed by atoms with Gasteiger partial charge in [-0.2, -0.15) is 0 Å². The molecule has 4 aromatic rings. The Labute approximate surface area is 223 Å². The van der Waals surface area contributed by atoms with Gasteiger partial charge in [0.1, 0.15) is 0 Å². The van der Waals surface area contributed by atoms with Gasteiger partial charge in [-0.25, -0.2) is 0 Å². The molecule has 0 nitrogen and oxygen atoms in total. The molecule has 1 aliphatic rings. The van der Waals surface area contributed by atoms with Gasteiger partial charge in [0, 0.05) is 5.41 Å². The van der Waals surface area contributed by atoms with E-state index in [0.29, 0.717) is 11.8 Å². The Kier molecular flexibility index (Phi) is 6.78. The molecule has 0 heterocycles. The van der Waals surface area contributed by atoms with Crippen molar-refractivity contribution in [2.75, 3.05) is 0 Å². The Hall–Kier alpha value is -3.64. The lowest BCUT2D eigenvalue weighted by atomic mass is 9.81. The highest BCUT2D eigenvalue weighted by Gasteiger charge is 2.35. The van der Waals surface area contributed by atoms with E-state index >= 15 is 0 Å². The smallest absolute Gasteiger partial charge is 0.0159 e. The average Bonchev–Trinajstić information content (AvgIpc) is 3.12. The fourth-order valence-electron chi connectivity index (χ4n) is 5.35. The van der Waals surface area contributed by atoms with Crippen molar-refractivity contribution in [1.29, 1.82) is 0 Å². The SMILES string of the molecule is CC(C)c1ccc(C=Cc2ccc3c(c2)C(C)(C)c2cc(C=Cc4ccc(C(C)C)cc4)ccc2-3)cc1. The summed E-state index contributed by atoms with van der Waals surface area (Å²) in [5, 5.41) is 0. The Morgan fingerprint density at radius 2 is 0.784 bits per heavy atom. The molecule has 37 heavy (non-hydrogen) atoms. The zero-order chi connectivity index (χ0) is 26.2. The molecular weight excluding hydrogens is 444 g/mol. The first-order valence-electron chi connectivity index (χ1n) is 13.6. The van der Waals surface area contributed by atoms with Crippen molar-refractivity contribution in [3.63, 3.8) is 0 Å². The van der Waals surface area contributed by atoms with Crippen LogP contribution in [0.2, 0.25) is 0 Å². The maximum absolute atomic E-state index is 2.38. The molecule has 0 fully saturated rings. The number of fused-ring (bicyclic) bond motifs is 3. The van der Waals surface area contributed by atoms with E-state index < -0.39 is 0 Å². The Morgan fingerprint density at radius 3 is 1.14 bits per heavy atom. The van der Waals surface area contributed by atoms with Gasteiger partial charge >= 0.3 is 0 Å². The monoisotopic (exact) mass is 482 g/mol. The summed E-state index contributed by atoms with van der Waals surface area (Å²) in [7, 11) is 0. The molecule has 0 saturated carbocycles. The summed E-state index contributed by atoms with van der Waals surface area (Å²) in [5.74, 6) is 1.12. The maximum atomic E-state index is 2.38. The number of hydrogen-bond donors (Lipinski definition) is 0. The van der Waals surface area contributed by atoms with Gasteiger partial charge in [0.15, 0.2) is 0 Å². The second kappa shape index (κ2) is 10.0. The van der Waals surface area contributed by atoms with Gasteiger partial charge in [0.2, 0.25) is 0 Å². The molecule has 0 aliphatic heterocycles. The second-order valence-electron chi connectivity index (χ2n) is 11.5. The van der Waals surface area contributed by atoms with E-state index in [9.17, 15) is 0 Å². The van der Waals surface area contributed by atoms with E-state index in [1.807, 2.05) is 0 Å². The van der Waals surface area contributed by atoms with Crippen LogP contribution >= 0.6 is 0 Å². The van der Waals surface area contributed by atoms with Crippen LogP contribution in [0.4, 0.5) is 0 Å². The molecule has 0 bridgehead atoms. The van der Waals surface area contributed by atoms with Crippen molar-refractivity contribution in [2.24, 2.45) is 0 Å². The van der Waals surface area contributed by atoms with Crippen LogP contribution in [0.5, 0.6) is 0 Å². The highest BCUT2D eigenvalue weighted by atomic mass is 14.4. The van der Waals surface area contributed by atoms with E-state index in [4.69, 9.17) is 0 Å². The molecule has 0 N–H and O–H groups in total. The molecule has 0 aromatic heterocycles. The first kappa shape index (κ1) is 25.0. The van der Waals surface area contributed by atoms with E-state index in [2.05, 4.69) is 151 Å². The summed E-state index contributed by atoms with van der Waals surface area (Å²) in [6, 6.07) is 31.7. The molecule has 186 valence electrons. The zero-order valence-corrected chi connectivity index (χ0v) is 23.0. The van der Waals surface area contributed by atoms with Crippen molar-refractivity contribution < 1.29 is 0 Å². The van der Waals surface area contributed by atoms with Gasteiger partial charge in [-0.15, -0.1) is 0 Å². The first-order valence-corrected chi connectivity index (χ1v) is 13.6. The highest BCUT2D eigenvalue weighted by Crippen LogP contribution is 2.49. The van der Waals surface area contributed by atoms with Gasteiger partial charge in [-0.05, 0) is 67.5 Å². The van der Waals surface area contributed by atoms with Crippen LogP contribution in [0.3, 0.4) is 0 Å². The Morgan fingerprint density at radius 1 is 0.459 bits per heavy atom. The van der Waals surface area contributed by atoms with Crippen molar-refractivity contribution >= 4 is 24.3 Å². The van der Waals surface area contributed by atoms with Gasteiger partial charge in [-0.1, -0.05) is 151 Å². The normalized spacial score (nSPS) is 14.2. The molecule has 0 heteroatoms. The van der Waals surface area contributed by atoms with E-state index in [0.717, 1.165) is 0 Å². The van der Waals surface area contributed by atoms with Crippen molar-refractivity contribution in [3.8, 4) is 11.1 Å². The van der Waals surface area contributed by atoms with E-state index in [-0.39, 0.29) is 5.41 Å². The van der Waals surface area contributed by atoms with E-state index in [1.165, 1.54) is 55.6 Å². The van der Waals surface area contributed by atoms with Crippen LogP contribution < -0.4 is 0 Å². The van der Waals surface area contributed by atoms with Gasteiger partial charge in [0.05, 0.1) is 0 Å². The second-order valence-corrected chi connectivity index (χ2v) is 11.5. The quantitative estimate of drug-likeness (QED) is 0.240. The maximum Gasteiger partial charge on any atom is 0.0159 e. The summed E-state index contributed by atoms with van der Waals surface area (Å²) in [5.41, 5.74) is 13.2. The third-order valence-corrected chi connectivity index (χ3v) is 7.87. The number of benzene rings is 4. The average molecular weight is 483 g/mol. The van der Waals surface area contributed by atoms with Crippen LogP contribution in [0, 0.1) is 0 Å². The predicted octanol–water partition coefficient (Wildman–Crippen LogP) is 10.6. The van der Waals surface area contributed by atoms with Crippen LogP contribution in [-0.2, 0) is 5.41 Å². The fourth-order valence-corrected chi connectivity index (χ4v) is 5.35. The standard InChI is InChI=1S/C37H38/c1-25(2)31-17-11-27(12-18-31)7-9-29-15-21-33-34-22-16-30(24-36(34)37(5,6)35(33)23-29)10-8-28-13-19-32(20-14-28)26(3)4/h7-26H,1-6H3. The molecule has 0 unspecified atom stereocenters. The van der Waals surface area contributed by atoms with Gasteiger partial charge in [0.25, 0.3) is 0 Å². The minimum atomic E-state index is -0.0316. The summed E-state index contributed by atoms with van der Waals surface area (Å²) >= 11 is 0. The molecule has 0 spiro atoms. The lowest BCUT2D eigenvalue weighted by Crippen LogP contribution is -2.15. The third-order valence-electron chi connectivity index (χ3n) is 7.87. The number of rotatable bonds is 6. The lowest BCUT2D eigenvalue weighted by Gasteiger charge is -2.22. The molecule has 0 radical (unpaired) electrons. The molecule has 0 amide bonds. The lowest BCUT2D eigenvalue weighted by molar-refractivity contribution is 0.660. The minimum Gasteiger partial charge on any atom is -0.0587 e. The van der Waals surface area contributed by atoms with E-state index in [1.54, 1.807) is 0 Å². The van der Waals surface area contributed by atoms with Crippen LogP contribution in [-0.4, -0.2) is 0 Å². The van der Waals surface area contributed by atoms with Gasteiger partial charge < -0.3 is 0 Å². The minimum absolute atomic E-state index is 0.0316. The molecule has 4 aromatic carbocycles. The number of hydrogen-bond acceptors (Lipinski definition) is 0. The summed E-state index contributed by atoms with van der Waals surface area (Å²) in [6.45, 7) is 13.7. The third kappa shape index (κ3) is 5.12. The molecule has 0 saturated heterocycles. The fraction of sp³-hybridized carbons (Fsp3) is 0.243. The van der Waals surface area contributed by atoms with Crippen molar-refractivity contribution in [2.45, 2.75) is 58.8 Å². The molecule has 5 rings (SSSR count). The predicted molar refractivity (Wildman–Crippen MR) is 163 cm³/mol.